The summed E-state index contributed by atoms with van der Waals surface area (Å²) in [5, 5.41) is 12.3. The number of hydrogen-bond donors (Lipinski definition) is 0. The van der Waals surface area contributed by atoms with Gasteiger partial charge in [0, 0.05) is 55.9 Å². The third-order valence-corrected chi connectivity index (χ3v) is 9.08. The lowest BCUT2D eigenvalue weighted by molar-refractivity contribution is -0.131. The van der Waals surface area contributed by atoms with Crippen molar-refractivity contribution in [2.24, 2.45) is 5.92 Å². The zero-order valence-electron chi connectivity index (χ0n) is 25.0. The predicted octanol–water partition coefficient (Wildman–Crippen LogP) is 4.98. The number of amides is 1. The zero-order valence-corrected chi connectivity index (χ0v) is 25.8. The maximum absolute atomic E-state index is 13.8. The Kier molecular flexibility index (Phi) is 8.87. The molecule has 0 bridgehead atoms. The van der Waals surface area contributed by atoms with Crippen molar-refractivity contribution in [1.82, 2.24) is 19.8 Å². The van der Waals surface area contributed by atoms with Crippen LogP contribution in [0.15, 0.2) is 48.8 Å². The van der Waals surface area contributed by atoms with Gasteiger partial charge in [-0.1, -0.05) is 42.4 Å². The predicted molar refractivity (Wildman–Crippen MR) is 170 cm³/mol. The lowest BCUT2D eigenvalue weighted by atomic mass is 10.0. The van der Waals surface area contributed by atoms with E-state index in [9.17, 15) is 14.4 Å². The van der Waals surface area contributed by atoms with Crippen LogP contribution in [0.2, 0.25) is 5.02 Å². The summed E-state index contributed by atoms with van der Waals surface area (Å²) in [5.74, 6) is -0.238. The Morgan fingerprint density at radius 1 is 1.18 bits per heavy atom. The molecular weight excluding hydrogens is 581 g/mol. The summed E-state index contributed by atoms with van der Waals surface area (Å²) >= 11 is 6.68. The van der Waals surface area contributed by atoms with Gasteiger partial charge in [0.05, 0.1) is 35.8 Å². The largest absolute Gasteiger partial charge is 0.462 e. The molecule has 44 heavy (non-hydrogen) atoms. The average Bonchev–Trinajstić information content (AvgIpc) is 3.84. The third-order valence-electron chi connectivity index (χ3n) is 8.77. The Bertz CT molecular complexity index is 1600. The molecule has 1 aromatic heterocycles. The molecule has 3 aliphatic rings. The first kappa shape index (κ1) is 30.1. The maximum Gasteiger partial charge on any atom is 0.318 e. The molecule has 2 fully saturated rings. The van der Waals surface area contributed by atoms with E-state index in [-0.39, 0.29) is 13.0 Å². The number of ether oxygens (including phenoxy) is 1. The number of rotatable bonds is 10. The van der Waals surface area contributed by atoms with Crippen molar-refractivity contribution in [2.75, 3.05) is 62.7 Å². The average molecular weight is 618 g/mol. The Labute approximate surface area is 262 Å². The normalized spacial score (nSPS) is 18.3. The molecule has 6 rings (SSSR count). The summed E-state index contributed by atoms with van der Waals surface area (Å²) in [5.41, 5.74) is 2.95. The summed E-state index contributed by atoms with van der Waals surface area (Å²) in [7, 11) is 2.11. The van der Waals surface area contributed by atoms with Crippen molar-refractivity contribution in [2.45, 2.75) is 38.3 Å². The monoisotopic (exact) mass is 617 g/mol. The highest BCUT2D eigenvalue weighted by molar-refractivity contribution is 6.36. The van der Waals surface area contributed by atoms with Crippen molar-refractivity contribution in [3.63, 3.8) is 0 Å². The number of benzene rings is 2. The molecule has 11 heteroatoms. The minimum Gasteiger partial charge on any atom is -0.462 e. The minimum absolute atomic E-state index is 0.0785. The molecule has 1 aliphatic carbocycles. The van der Waals surface area contributed by atoms with E-state index in [1.807, 2.05) is 18.2 Å². The van der Waals surface area contributed by atoms with Gasteiger partial charge in [0.25, 0.3) is 5.91 Å². The molecule has 3 aromatic rings. The van der Waals surface area contributed by atoms with Crippen molar-refractivity contribution in [1.29, 1.82) is 5.26 Å². The lowest BCUT2D eigenvalue weighted by Gasteiger charge is -2.42. The molecular formula is C33H37ClFN7O2. The van der Waals surface area contributed by atoms with Crippen LogP contribution in [-0.2, 0) is 17.8 Å². The Morgan fingerprint density at radius 3 is 2.73 bits per heavy atom. The van der Waals surface area contributed by atoms with Crippen LogP contribution in [-0.4, -0.2) is 84.6 Å². The number of nitriles is 1. The van der Waals surface area contributed by atoms with Crippen LogP contribution in [0.25, 0.3) is 10.8 Å². The highest BCUT2D eigenvalue weighted by Crippen LogP contribution is 2.37. The standard InChI is InChI=1S/C33H37ClFN7O2/c1-22(35)32(43)42-16-15-41(20-25(42)11-13-36)31-26-12-14-40(29-8-4-6-24-5-3-7-27(34)30(24)29)21-28(26)37-33(38-31)44-18-17-39(2)19-23-9-10-23/h3-8,23,25H,1,9-12,14-21H2,2H3/t25-/m0/s1. The van der Waals surface area contributed by atoms with Crippen molar-refractivity contribution >= 4 is 39.8 Å². The summed E-state index contributed by atoms with van der Waals surface area (Å²) in [6, 6.07) is 14.1. The Hall–Kier alpha value is -3.94. The third kappa shape index (κ3) is 6.44. The molecule has 2 aromatic carbocycles. The van der Waals surface area contributed by atoms with E-state index in [2.05, 4.69) is 52.6 Å². The summed E-state index contributed by atoms with van der Waals surface area (Å²) in [6.07, 6.45) is 3.37. The molecule has 0 radical (unpaired) electrons. The second-order valence-corrected chi connectivity index (χ2v) is 12.4. The molecule has 1 amide bonds. The van der Waals surface area contributed by atoms with E-state index in [1.54, 1.807) is 0 Å². The molecule has 1 saturated carbocycles. The van der Waals surface area contributed by atoms with Gasteiger partial charge in [-0.3, -0.25) is 4.79 Å². The number of aromatic nitrogens is 2. The molecule has 1 saturated heterocycles. The number of fused-ring (bicyclic) bond motifs is 2. The van der Waals surface area contributed by atoms with Gasteiger partial charge in [0.15, 0.2) is 5.83 Å². The second-order valence-electron chi connectivity index (χ2n) is 12.0. The van der Waals surface area contributed by atoms with Gasteiger partial charge in [0.2, 0.25) is 0 Å². The first-order valence-corrected chi connectivity index (χ1v) is 15.6. The summed E-state index contributed by atoms with van der Waals surface area (Å²) in [6.45, 7) is 7.81. The van der Waals surface area contributed by atoms with Gasteiger partial charge in [-0.25, -0.2) is 4.39 Å². The quantitative estimate of drug-likeness (QED) is 0.294. The number of carbonyl (C=O) groups is 1. The maximum atomic E-state index is 13.8. The highest BCUT2D eigenvalue weighted by Gasteiger charge is 2.35. The van der Waals surface area contributed by atoms with Gasteiger partial charge < -0.3 is 24.3 Å². The summed E-state index contributed by atoms with van der Waals surface area (Å²) in [4.78, 5) is 30.4. The number of piperazine rings is 1. The van der Waals surface area contributed by atoms with Gasteiger partial charge in [-0.15, -0.1) is 0 Å². The first-order valence-electron chi connectivity index (χ1n) is 15.2. The second kappa shape index (κ2) is 13.0. The molecule has 0 unspecified atom stereocenters. The fraction of sp³-hybridized carbons (Fsp3) is 0.455. The van der Waals surface area contributed by atoms with Gasteiger partial charge in [-0.05, 0) is 49.7 Å². The molecule has 9 nitrogen and oxygen atoms in total. The van der Waals surface area contributed by atoms with E-state index in [0.717, 1.165) is 59.1 Å². The van der Waals surface area contributed by atoms with E-state index in [0.29, 0.717) is 43.7 Å². The minimum atomic E-state index is -1.02. The number of likely N-dealkylation sites (N-methyl/N-ethyl adjacent to an activating group) is 1. The molecule has 1 atom stereocenters. The number of carbonyl (C=O) groups excluding carboxylic acids is 1. The fourth-order valence-corrected chi connectivity index (χ4v) is 6.61. The van der Waals surface area contributed by atoms with E-state index in [4.69, 9.17) is 26.3 Å². The lowest BCUT2D eigenvalue weighted by Crippen LogP contribution is -2.55. The van der Waals surface area contributed by atoms with E-state index in [1.165, 1.54) is 17.7 Å². The van der Waals surface area contributed by atoms with Crippen LogP contribution >= 0.6 is 11.6 Å². The molecule has 230 valence electrons. The van der Waals surface area contributed by atoms with Gasteiger partial charge in [-0.2, -0.15) is 15.2 Å². The number of nitrogens with zero attached hydrogens (tertiary/aromatic N) is 7. The molecule has 3 heterocycles. The summed E-state index contributed by atoms with van der Waals surface area (Å²) < 4.78 is 20.0. The molecule has 0 spiro atoms. The highest BCUT2D eigenvalue weighted by atomic mass is 35.5. The SMILES string of the molecule is C=C(F)C(=O)N1CCN(c2nc(OCCN(C)CC3CC3)nc3c2CCN(c2cccc4cccc(Cl)c24)C3)C[C@@H]1CC#N. The van der Waals surface area contributed by atoms with E-state index >= 15 is 0 Å². The zero-order chi connectivity index (χ0) is 30.8. The molecule has 0 N–H and O–H groups in total. The first-order chi connectivity index (χ1) is 21.3. The van der Waals surface area contributed by atoms with Crippen LogP contribution in [0, 0.1) is 17.2 Å². The number of anilines is 2. The smallest absolute Gasteiger partial charge is 0.318 e. The van der Waals surface area contributed by atoms with Gasteiger partial charge in [0.1, 0.15) is 12.4 Å². The molecule has 2 aliphatic heterocycles. The Morgan fingerprint density at radius 2 is 1.98 bits per heavy atom. The van der Waals surface area contributed by atoms with Crippen LogP contribution in [0.1, 0.15) is 30.5 Å². The van der Waals surface area contributed by atoms with Crippen molar-refractivity contribution in [3.05, 3.63) is 65.1 Å². The van der Waals surface area contributed by atoms with Crippen LogP contribution in [0.4, 0.5) is 15.9 Å². The van der Waals surface area contributed by atoms with Crippen LogP contribution in [0.3, 0.4) is 0 Å². The fourth-order valence-electron chi connectivity index (χ4n) is 6.34. The Balaban J connectivity index is 1.30. The van der Waals surface area contributed by atoms with Crippen LogP contribution in [0.5, 0.6) is 6.01 Å². The van der Waals surface area contributed by atoms with Crippen molar-refractivity contribution < 1.29 is 13.9 Å². The van der Waals surface area contributed by atoms with Crippen molar-refractivity contribution in [3.8, 4) is 12.1 Å². The topological polar surface area (TPSA) is 88.8 Å². The number of halogens is 2. The van der Waals surface area contributed by atoms with Crippen LogP contribution < -0.4 is 14.5 Å². The van der Waals surface area contributed by atoms with E-state index < -0.39 is 17.8 Å². The van der Waals surface area contributed by atoms with Gasteiger partial charge >= 0.3 is 6.01 Å². The number of hydrogen-bond acceptors (Lipinski definition) is 8.